The van der Waals surface area contributed by atoms with Crippen LogP contribution in [-0.4, -0.2) is 64.0 Å². The fraction of sp³-hybridized carbons (Fsp3) is 0.333. The first-order valence-corrected chi connectivity index (χ1v) is 12.0. The van der Waals surface area contributed by atoms with Crippen molar-refractivity contribution in [1.29, 1.82) is 0 Å². The maximum Gasteiger partial charge on any atom is 0.255 e. The van der Waals surface area contributed by atoms with Gasteiger partial charge in [0.05, 0.1) is 41.7 Å². The van der Waals surface area contributed by atoms with Gasteiger partial charge >= 0.3 is 0 Å². The minimum atomic E-state index is -0.132. The molecule has 0 bridgehead atoms. The highest BCUT2D eigenvalue weighted by atomic mass is 16.6. The summed E-state index contributed by atoms with van der Waals surface area (Å²) in [6.45, 7) is 6.30. The Kier molecular flexibility index (Phi) is 6.81. The van der Waals surface area contributed by atoms with E-state index in [4.69, 9.17) is 19.2 Å². The molecule has 0 N–H and O–H groups in total. The van der Waals surface area contributed by atoms with Crippen molar-refractivity contribution in [2.75, 3.05) is 33.5 Å². The van der Waals surface area contributed by atoms with Crippen molar-refractivity contribution in [3.63, 3.8) is 0 Å². The van der Waals surface area contributed by atoms with Gasteiger partial charge in [-0.25, -0.2) is 9.67 Å². The molecule has 0 unspecified atom stereocenters. The van der Waals surface area contributed by atoms with Crippen molar-refractivity contribution >= 4 is 16.9 Å². The fourth-order valence-corrected chi connectivity index (χ4v) is 4.23. The molecule has 1 amide bonds. The normalized spacial score (nSPS) is 12.8. The second-order valence-electron chi connectivity index (χ2n) is 8.87. The summed E-state index contributed by atoms with van der Waals surface area (Å²) in [5.74, 6) is 1.24. The third-order valence-electron chi connectivity index (χ3n) is 6.06. The molecule has 186 valence electrons. The number of amides is 1. The number of pyridine rings is 2. The van der Waals surface area contributed by atoms with E-state index < -0.39 is 0 Å². The summed E-state index contributed by atoms with van der Waals surface area (Å²) in [4.78, 5) is 25.1. The summed E-state index contributed by atoms with van der Waals surface area (Å²) in [6, 6.07) is 13.3. The van der Waals surface area contributed by atoms with E-state index in [1.807, 2.05) is 61.0 Å². The number of hydrogen-bond donors (Lipinski definition) is 0. The lowest BCUT2D eigenvalue weighted by Gasteiger charge is -2.23. The maximum absolute atomic E-state index is 14.0. The van der Waals surface area contributed by atoms with Crippen molar-refractivity contribution in [1.82, 2.24) is 24.6 Å². The molecule has 9 nitrogen and oxygen atoms in total. The lowest BCUT2D eigenvalue weighted by molar-refractivity contribution is 0.0680. The van der Waals surface area contributed by atoms with Crippen LogP contribution in [0.3, 0.4) is 0 Å². The first-order chi connectivity index (χ1) is 17.5. The lowest BCUT2D eigenvalue weighted by Crippen LogP contribution is -2.34. The molecule has 0 radical (unpaired) electrons. The second-order valence-corrected chi connectivity index (χ2v) is 8.87. The van der Waals surface area contributed by atoms with Crippen molar-refractivity contribution in [2.24, 2.45) is 0 Å². The number of benzene rings is 1. The topological polar surface area (TPSA) is 91.6 Å². The molecule has 0 aliphatic carbocycles. The predicted molar refractivity (Wildman–Crippen MR) is 135 cm³/mol. The van der Waals surface area contributed by atoms with Crippen molar-refractivity contribution < 1.29 is 19.0 Å². The van der Waals surface area contributed by atoms with Crippen molar-refractivity contribution in [2.45, 2.75) is 26.4 Å². The van der Waals surface area contributed by atoms with E-state index in [9.17, 15) is 4.79 Å². The molecule has 0 saturated heterocycles. The van der Waals surface area contributed by atoms with Gasteiger partial charge in [0.25, 0.3) is 5.91 Å². The summed E-state index contributed by atoms with van der Waals surface area (Å²) in [7, 11) is 1.63. The van der Waals surface area contributed by atoms with E-state index in [1.54, 1.807) is 24.4 Å². The number of aromatic nitrogens is 4. The molecular formula is C27H29N5O4. The number of nitrogens with zero attached hydrogens (tertiary/aromatic N) is 5. The van der Waals surface area contributed by atoms with Crippen LogP contribution in [0.15, 0.2) is 54.9 Å². The summed E-state index contributed by atoms with van der Waals surface area (Å²) in [5, 5.41) is 5.26. The molecular weight excluding hydrogens is 458 g/mol. The van der Waals surface area contributed by atoms with Gasteiger partial charge in [-0.2, -0.15) is 5.10 Å². The zero-order valence-corrected chi connectivity index (χ0v) is 20.7. The van der Waals surface area contributed by atoms with Gasteiger partial charge in [0.2, 0.25) is 0 Å². The molecule has 9 heteroatoms. The zero-order chi connectivity index (χ0) is 25.1. The molecule has 4 heterocycles. The average Bonchev–Trinajstić information content (AvgIpc) is 3.35. The predicted octanol–water partition coefficient (Wildman–Crippen LogP) is 4.13. The highest BCUT2D eigenvalue weighted by molar-refractivity contribution is 6.06. The molecule has 3 aromatic heterocycles. The first kappa shape index (κ1) is 23.7. The molecule has 0 fully saturated rings. The van der Waals surface area contributed by atoms with Gasteiger partial charge in [-0.1, -0.05) is 6.07 Å². The van der Waals surface area contributed by atoms with Crippen LogP contribution in [0.4, 0.5) is 0 Å². The minimum Gasteiger partial charge on any atom is -0.486 e. The molecule has 5 rings (SSSR count). The third kappa shape index (κ3) is 4.74. The standard InChI is InChI=1S/C27H29N5O4/c1-18(2)32-26-22(16-29-32)21(27(33)31(10-11-34-3)17-20-6-4-5-9-28-20)15-23(30-26)19-7-8-24-25(14-19)36-13-12-35-24/h4-9,14-16,18H,10-13,17H2,1-3H3. The van der Waals surface area contributed by atoms with Gasteiger partial charge in [-0.15, -0.1) is 0 Å². The van der Waals surface area contributed by atoms with Gasteiger partial charge in [0.15, 0.2) is 17.1 Å². The average molecular weight is 488 g/mol. The van der Waals surface area contributed by atoms with Gasteiger partial charge in [-0.05, 0) is 50.2 Å². The van der Waals surface area contributed by atoms with Crippen LogP contribution >= 0.6 is 0 Å². The highest BCUT2D eigenvalue weighted by Crippen LogP contribution is 2.35. The Morgan fingerprint density at radius 2 is 1.97 bits per heavy atom. The molecule has 1 aliphatic heterocycles. The van der Waals surface area contributed by atoms with E-state index in [1.165, 1.54) is 0 Å². The Morgan fingerprint density at radius 3 is 2.72 bits per heavy atom. The molecule has 1 aliphatic rings. The van der Waals surface area contributed by atoms with E-state index >= 15 is 0 Å². The Bertz CT molecular complexity index is 1370. The maximum atomic E-state index is 14.0. The van der Waals surface area contributed by atoms with E-state index in [0.717, 1.165) is 11.3 Å². The molecule has 0 saturated carbocycles. The van der Waals surface area contributed by atoms with Crippen LogP contribution < -0.4 is 9.47 Å². The lowest BCUT2D eigenvalue weighted by atomic mass is 10.0. The van der Waals surface area contributed by atoms with E-state index in [0.29, 0.717) is 66.7 Å². The van der Waals surface area contributed by atoms with Crippen LogP contribution in [-0.2, 0) is 11.3 Å². The Balaban J connectivity index is 1.61. The minimum absolute atomic E-state index is 0.0755. The quantitative estimate of drug-likeness (QED) is 0.369. The zero-order valence-electron chi connectivity index (χ0n) is 20.7. The van der Waals surface area contributed by atoms with Crippen molar-refractivity contribution in [3.05, 3.63) is 66.1 Å². The molecule has 0 spiro atoms. The molecule has 36 heavy (non-hydrogen) atoms. The van der Waals surface area contributed by atoms with Crippen LogP contribution in [0.25, 0.3) is 22.3 Å². The van der Waals surface area contributed by atoms with Gasteiger partial charge in [0.1, 0.15) is 13.2 Å². The van der Waals surface area contributed by atoms with Crippen LogP contribution in [0.1, 0.15) is 35.9 Å². The van der Waals surface area contributed by atoms with Crippen molar-refractivity contribution in [3.8, 4) is 22.8 Å². The molecule has 4 aromatic rings. The van der Waals surface area contributed by atoms with Gasteiger partial charge in [-0.3, -0.25) is 9.78 Å². The number of methoxy groups -OCH3 is 1. The molecule has 0 atom stereocenters. The number of carbonyl (C=O) groups excluding carboxylic acids is 1. The van der Waals surface area contributed by atoms with Gasteiger partial charge in [0, 0.05) is 31.5 Å². The number of fused-ring (bicyclic) bond motifs is 2. The monoisotopic (exact) mass is 487 g/mol. The number of rotatable bonds is 8. The van der Waals surface area contributed by atoms with Crippen LogP contribution in [0.5, 0.6) is 11.5 Å². The number of hydrogen-bond acceptors (Lipinski definition) is 7. The molecule has 1 aromatic carbocycles. The second kappa shape index (κ2) is 10.3. The van der Waals surface area contributed by atoms with E-state index in [2.05, 4.69) is 10.1 Å². The SMILES string of the molecule is COCCN(Cc1ccccn1)C(=O)c1cc(-c2ccc3c(c2)OCCO3)nc2c1cnn2C(C)C. The summed E-state index contributed by atoms with van der Waals surface area (Å²) in [6.07, 6.45) is 3.45. The fourth-order valence-electron chi connectivity index (χ4n) is 4.23. The summed E-state index contributed by atoms with van der Waals surface area (Å²) < 4.78 is 18.6. The highest BCUT2D eigenvalue weighted by Gasteiger charge is 2.24. The first-order valence-electron chi connectivity index (χ1n) is 12.0. The Morgan fingerprint density at radius 1 is 1.14 bits per heavy atom. The Labute approximate surface area is 209 Å². The van der Waals surface area contributed by atoms with Gasteiger partial charge < -0.3 is 19.1 Å². The Hall–Kier alpha value is -3.98. The summed E-state index contributed by atoms with van der Waals surface area (Å²) in [5.41, 5.74) is 3.49. The smallest absolute Gasteiger partial charge is 0.255 e. The largest absolute Gasteiger partial charge is 0.486 e. The van der Waals surface area contributed by atoms with Crippen LogP contribution in [0.2, 0.25) is 0 Å². The number of ether oxygens (including phenoxy) is 3. The van der Waals surface area contributed by atoms with E-state index in [-0.39, 0.29) is 11.9 Å². The number of carbonyl (C=O) groups is 1. The third-order valence-corrected chi connectivity index (χ3v) is 6.06. The summed E-state index contributed by atoms with van der Waals surface area (Å²) >= 11 is 0. The van der Waals surface area contributed by atoms with Crippen LogP contribution in [0, 0.1) is 0 Å².